The Bertz CT molecular complexity index is 1260. The zero-order valence-corrected chi connectivity index (χ0v) is 23.4. The minimum Gasteiger partial charge on any atom is -0.361 e. The van der Waals surface area contributed by atoms with Crippen molar-refractivity contribution >= 4 is 36.6 Å². The fourth-order valence-corrected chi connectivity index (χ4v) is 4.80. The molecule has 0 radical (unpaired) electrons. The second-order valence-corrected chi connectivity index (χ2v) is 16.7. The lowest BCUT2D eigenvalue weighted by molar-refractivity contribution is -0.143. The molecule has 7 nitrogen and oxygen atoms in total. The van der Waals surface area contributed by atoms with Gasteiger partial charge >= 0.3 is 6.18 Å². The number of hydrogen-bond acceptors (Lipinski definition) is 5. The summed E-state index contributed by atoms with van der Waals surface area (Å²) < 4.78 is 46.0. The standard InChI is InChI=1S/C25H33ClF3N5O2Si/c1-16(2)25(30,23(35)33-14-24(27,28)29)18-8-17(10-31-11-18)21-13-34(15-36-6-7-37(3,4)5)22-20(21)9-19(26)12-32-22/h8-13,16H,6-7,14-15,30H2,1-5H3,(H,33,35)/t25-/m1/s1. The number of rotatable bonds is 10. The first kappa shape index (κ1) is 29.1. The third kappa shape index (κ3) is 7.10. The number of carbonyl (C=O) groups is 1. The second-order valence-electron chi connectivity index (χ2n) is 10.7. The van der Waals surface area contributed by atoms with Gasteiger partial charge in [-0.25, -0.2) is 4.98 Å². The van der Waals surface area contributed by atoms with Gasteiger partial charge in [0, 0.05) is 61.5 Å². The van der Waals surface area contributed by atoms with Crippen LogP contribution in [0.1, 0.15) is 19.4 Å². The van der Waals surface area contributed by atoms with Crippen LogP contribution in [0.15, 0.2) is 36.9 Å². The molecule has 0 unspecified atom stereocenters. The molecule has 0 saturated heterocycles. The molecule has 3 heterocycles. The largest absolute Gasteiger partial charge is 0.405 e. The first-order chi connectivity index (χ1) is 17.1. The molecule has 1 amide bonds. The van der Waals surface area contributed by atoms with Crippen LogP contribution in [0.2, 0.25) is 30.7 Å². The number of aromatic nitrogens is 3. The van der Waals surface area contributed by atoms with Crippen molar-refractivity contribution < 1.29 is 22.7 Å². The fourth-order valence-electron chi connectivity index (χ4n) is 3.88. The Morgan fingerprint density at radius 3 is 2.54 bits per heavy atom. The molecule has 37 heavy (non-hydrogen) atoms. The van der Waals surface area contributed by atoms with Gasteiger partial charge in [0.15, 0.2) is 0 Å². The van der Waals surface area contributed by atoms with Crippen LogP contribution >= 0.6 is 11.6 Å². The monoisotopic (exact) mass is 555 g/mol. The van der Waals surface area contributed by atoms with Crippen LogP contribution in [0.5, 0.6) is 0 Å². The highest BCUT2D eigenvalue weighted by atomic mass is 35.5. The SMILES string of the molecule is CC(C)[C@](N)(C(=O)NCC(F)(F)F)c1cncc(-c2cn(COCC[Si](C)(C)C)c3ncc(Cl)cc23)c1. The first-order valence-corrected chi connectivity index (χ1v) is 16.0. The number of nitrogens with zero attached hydrogens (tertiary/aromatic N) is 3. The lowest BCUT2D eigenvalue weighted by atomic mass is 9.80. The number of carbonyl (C=O) groups excluding carboxylic acids is 1. The van der Waals surface area contributed by atoms with E-state index in [0.29, 0.717) is 28.4 Å². The van der Waals surface area contributed by atoms with Crippen molar-refractivity contribution in [1.82, 2.24) is 19.9 Å². The Hall–Kier alpha value is -2.47. The predicted octanol–water partition coefficient (Wildman–Crippen LogP) is 5.55. The van der Waals surface area contributed by atoms with Crippen LogP contribution in [-0.4, -0.2) is 47.8 Å². The Kier molecular flexibility index (Phi) is 8.73. The van der Waals surface area contributed by atoms with Gasteiger partial charge in [0.2, 0.25) is 5.91 Å². The molecule has 0 aliphatic carbocycles. The Morgan fingerprint density at radius 1 is 1.22 bits per heavy atom. The van der Waals surface area contributed by atoms with E-state index in [-0.39, 0.29) is 6.73 Å². The fraction of sp³-hybridized carbons (Fsp3) is 0.480. The third-order valence-electron chi connectivity index (χ3n) is 6.17. The average molecular weight is 556 g/mol. The predicted molar refractivity (Wildman–Crippen MR) is 142 cm³/mol. The molecule has 1 atom stereocenters. The maximum Gasteiger partial charge on any atom is 0.405 e. The van der Waals surface area contributed by atoms with E-state index < -0.39 is 38.2 Å². The maximum absolute atomic E-state index is 12.9. The molecule has 0 bridgehead atoms. The lowest BCUT2D eigenvalue weighted by Crippen LogP contribution is -2.56. The van der Waals surface area contributed by atoms with Gasteiger partial charge in [-0.3, -0.25) is 9.78 Å². The van der Waals surface area contributed by atoms with Crippen molar-refractivity contribution in [2.75, 3.05) is 13.2 Å². The molecule has 0 spiro atoms. The average Bonchev–Trinajstić information content (AvgIpc) is 3.16. The molecule has 202 valence electrons. The van der Waals surface area contributed by atoms with Crippen molar-refractivity contribution in [2.45, 2.75) is 58.0 Å². The number of fused-ring (bicyclic) bond motifs is 1. The Morgan fingerprint density at radius 2 is 1.92 bits per heavy atom. The quantitative estimate of drug-likeness (QED) is 0.252. The molecule has 0 aliphatic rings. The van der Waals surface area contributed by atoms with Gasteiger partial charge in [-0.05, 0) is 24.1 Å². The molecular weight excluding hydrogens is 523 g/mol. The van der Waals surface area contributed by atoms with E-state index in [2.05, 4.69) is 29.6 Å². The molecular formula is C25H33ClF3N5O2Si. The van der Waals surface area contributed by atoms with Crippen LogP contribution in [0, 0.1) is 5.92 Å². The summed E-state index contributed by atoms with van der Waals surface area (Å²) in [6.07, 6.45) is 1.86. The minimum atomic E-state index is -4.56. The van der Waals surface area contributed by atoms with Crippen molar-refractivity contribution in [3.05, 3.63) is 47.5 Å². The minimum absolute atomic E-state index is 0.287. The number of nitrogens with one attached hydrogen (secondary N) is 1. The van der Waals surface area contributed by atoms with Gasteiger partial charge in [-0.2, -0.15) is 13.2 Å². The molecule has 3 aromatic heterocycles. The van der Waals surface area contributed by atoms with Gasteiger partial charge in [0.25, 0.3) is 0 Å². The first-order valence-electron chi connectivity index (χ1n) is 11.9. The highest BCUT2D eigenvalue weighted by Gasteiger charge is 2.41. The number of nitrogens with two attached hydrogens (primary N) is 1. The van der Waals surface area contributed by atoms with Gasteiger partial charge < -0.3 is 20.4 Å². The maximum atomic E-state index is 12.9. The summed E-state index contributed by atoms with van der Waals surface area (Å²) >= 11 is 6.24. The lowest BCUT2D eigenvalue weighted by Gasteiger charge is -2.32. The number of ether oxygens (including phenoxy) is 1. The topological polar surface area (TPSA) is 95.1 Å². The summed E-state index contributed by atoms with van der Waals surface area (Å²) in [5.41, 5.74) is 7.03. The van der Waals surface area contributed by atoms with Crippen molar-refractivity contribution in [3.63, 3.8) is 0 Å². The van der Waals surface area contributed by atoms with E-state index in [1.807, 2.05) is 16.1 Å². The van der Waals surface area contributed by atoms with Crippen LogP contribution in [0.4, 0.5) is 13.2 Å². The molecule has 0 fully saturated rings. The summed E-state index contributed by atoms with van der Waals surface area (Å²) in [7, 11) is -1.25. The van der Waals surface area contributed by atoms with Crippen molar-refractivity contribution in [1.29, 1.82) is 0 Å². The molecule has 0 aliphatic heterocycles. The summed E-state index contributed by atoms with van der Waals surface area (Å²) in [5, 5.41) is 3.11. The molecule has 0 saturated carbocycles. The summed E-state index contributed by atoms with van der Waals surface area (Å²) in [6.45, 7) is 9.63. The van der Waals surface area contributed by atoms with Gasteiger partial charge in [0.1, 0.15) is 24.5 Å². The zero-order chi connectivity index (χ0) is 27.6. The van der Waals surface area contributed by atoms with Crippen LogP contribution in [-0.2, 0) is 21.8 Å². The summed E-state index contributed by atoms with van der Waals surface area (Å²) in [5.74, 6) is -1.45. The molecule has 3 aromatic rings. The third-order valence-corrected chi connectivity index (χ3v) is 8.08. The Balaban J connectivity index is 1.99. The van der Waals surface area contributed by atoms with Crippen LogP contribution < -0.4 is 11.1 Å². The van der Waals surface area contributed by atoms with E-state index in [1.165, 1.54) is 6.20 Å². The highest BCUT2D eigenvalue weighted by molar-refractivity contribution is 6.76. The zero-order valence-electron chi connectivity index (χ0n) is 21.6. The van der Waals surface area contributed by atoms with Gasteiger partial charge in [0.05, 0.1) is 5.02 Å². The van der Waals surface area contributed by atoms with Crippen LogP contribution in [0.25, 0.3) is 22.2 Å². The molecule has 12 heteroatoms. The van der Waals surface area contributed by atoms with Gasteiger partial charge in [-0.1, -0.05) is 45.1 Å². The number of pyridine rings is 2. The highest BCUT2D eigenvalue weighted by Crippen LogP contribution is 2.35. The van der Waals surface area contributed by atoms with Crippen molar-refractivity contribution in [3.8, 4) is 11.1 Å². The number of amides is 1. The number of alkyl halides is 3. The number of halogens is 4. The van der Waals surface area contributed by atoms with E-state index in [1.54, 1.807) is 38.4 Å². The normalized spacial score (nSPS) is 14.2. The summed E-state index contributed by atoms with van der Waals surface area (Å²) in [4.78, 5) is 21.6. The van der Waals surface area contributed by atoms with E-state index >= 15 is 0 Å². The van der Waals surface area contributed by atoms with Crippen molar-refractivity contribution in [2.24, 2.45) is 11.7 Å². The Labute approximate surface area is 220 Å². The second kappa shape index (κ2) is 11.1. The summed E-state index contributed by atoms with van der Waals surface area (Å²) in [6, 6.07) is 4.47. The van der Waals surface area contributed by atoms with E-state index in [9.17, 15) is 18.0 Å². The molecule has 0 aromatic carbocycles. The molecule has 3 N–H and O–H groups in total. The smallest absolute Gasteiger partial charge is 0.361 e. The van der Waals surface area contributed by atoms with Gasteiger partial charge in [-0.15, -0.1) is 0 Å². The molecule has 3 rings (SSSR count). The van der Waals surface area contributed by atoms with Crippen LogP contribution in [0.3, 0.4) is 0 Å². The van der Waals surface area contributed by atoms with E-state index in [0.717, 1.165) is 17.0 Å². The van der Waals surface area contributed by atoms with E-state index in [4.69, 9.17) is 22.1 Å². The number of hydrogen-bond donors (Lipinski definition) is 2.